The Bertz CT molecular complexity index is 516. The number of rotatable bonds is 5. The molecular formula is C14H20N4. The summed E-state index contributed by atoms with van der Waals surface area (Å²) in [5, 5.41) is 7.90. The van der Waals surface area contributed by atoms with Gasteiger partial charge in [0, 0.05) is 44.3 Å². The first-order valence-corrected chi connectivity index (χ1v) is 6.32. The fourth-order valence-electron chi connectivity index (χ4n) is 2.06. The minimum Gasteiger partial charge on any atom is -0.308 e. The minimum absolute atomic E-state index is 0.860. The standard InChI is InChI=1S/C14H20N4/c1-4-14-13(10-18(3)17-14)9-16-8-12-5-6-15-7-11(12)2/h5-7,10,16H,4,8-9H2,1-3H3. The smallest absolute Gasteiger partial charge is 0.0666 e. The second-order valence-corrected chi connectivity index (χ2v) is 4.53. The molecule has 2 rings (SSSR count). The summed E-state index contributed by atoms with van der Waals surface area (Å²) in [7, 11) is 1.97. The number of pyridine rings is 1. The molecule has 2 aromatic rings. The van der Waals surface area contributed by atoms with Gasteiger partial charge >= 0.3 is 0 Å². The van der Waals surface area contributed by atoms with Crippen molar-refractivity contribution < 1.29 is 0 Å². The van der Waals surface area contributed by atoms with E-state index in [9.17, 15) is 0 Å². The molecule has 2 aromatic heterocycles. The summed E-state index contributed by atoms with van der Waals surface area (Å²) < 4.78 is 1.88. The van der Waals surface area contributed by atoms with Gasteiger partial charge < -0.3 is 5.32 Å². The van der Waals surface area contributed by atoms with E-state index in [-0.39, 0.29) is 0 Å². The molecule has 0 aliphatic rings. The summed E-state index contributed by atoms with van der Waals surface area (Å²) >= 11 is 0. The van der Waals surface area contributed by atoms with Crippen LogP contribution in [0.1, 0.15) is 29.3 Å². The van der Waals surface area contributed by atoms with Crippen LogP contribution in [0.3, 0.4) is 0 Å². The molecule has 0 amide bonds. The van der Waals surface area contributed by atoms with Crippen LogP contribution >= 0.6 is 0 Å². The third-order valence-corrected chi connectivity index (χ3v) is 3.09. The molecule has 0 saturated carbocycles. The molecule has 0 aliphatic heterocycles. The third kappa shape index (κ3) is 2.96. The number of nitrogens with one attached hydrogen (secondary N) is 1. The quantitative estimate of drug-likeness (QED) is 0.874. The van der Waals surface area contributed by atoms with Crippen molar-refractivity contribution in [2.75, 3.05) is 0 Å². The highest BCUT2D eigenvalue weighted by Crippen LogP contribution is 2.08. The summed E-state index contributed by atoms with van der Waals surface area (Å²) in [4.78, 5) is 4.10. The third-order valence-electron chi connectivity index (χ3n) is 3.09. The number of aromatic nitrogens is 3. The van der Waals surface area contributed by atoms with Crippen molar-refractivity contribution in [1.82, 2.24) is 20.1 Å². The molecule has 4 nitrogen and oxygen atoms in total. The van der Waals surface area contributed by atoms with Gasteiger partial charge in [-0.05, 0) is 30.5 Å². The topological polar surface area (TPSA) is 42.7 Å². The maximum Gasteiger partial charge on any atom is 0.0666 e. The van der Waals surface area contributed by atoms with E-state index in [0.717, 1.165) is 19.5 Å². The van der Waals surface area contributed by atoms with Gasteiger partial charge in [0.1, 0.15) is 0 Å². The van der Waals surface area contributed by atoms with Crippen molar-refractivity contribution in [1.29, 1.82) is 0 Å². The maximum absolute atomic E-state index is 4.44. The molecule has 4 heteroatoms. The average molecular weight is 244 g/mol. The highest BCUT2D eigenvalue weighted by molar-refractivity contribution is 5.22. The summed E-state index contributed by atoms with van der Waals surface area (Å²) in [5.41, 5.74) is 4.99. The molecule has 0 radical (unpaired) electrons. The van der Waals surface area contributed by atoms with Crippen LogP contribution < -0.4 is 5.32 Å². The molecule has 0 unspecified atom stereocenters. The van der Waals surface area contributed by atoms with Crippen LogP contribution in [0.4, 0.5) is 0 Å². The van der Waals surface area contributed by atoms with Gasteiger partial charge in [0.05, 0.1) is 5.69 Å². The van der Waals surface area contributed by atoms with Gasteiger partial charge in [0.15, 0.2) is 0 Å². The molecular weight excluding hydrogens is 224 g/mol. The van der Waals surface area contributed by atoms with Crippen LogP contribution in [-0.2, 0) is 26.6 Å². The van der Waals surface area contributed by atoms with Crippen LogP contribution in [0.5, 0.6) is 0 Å². The Morgan fingerprint density at radius 1 is 1.28 bits per heavy atom. The summed E-state index contributed by atoms with van der Waals surface area (Å²) in [5.74, 6) is 0. The van der Waals surface area contributed by atoms with E-state index in [1.165, 1.54) is 22.4 Å². The van der Waals surface area contributed by atoms with Crippen molar-refractivity contribution in [2.24, 2.45) is 7.05 Å². The maximum atomic E-state index is 4.44. The lowest BCUT2D eigenvalue weighted by molar-refractivity contribution is 0.684. The summed E-state index contributed by atoms with van der Waals surface area (Å²) in [6.07, 6.45) is 6.81. The van der Waals surface area contributed by atoms with Crippen molar-refractivity contribution in [3.63, 3.8) is 0 Å². The molecule has 96 valence electrons. The Labute approximate surface area is 108 Å². The Morgan fingerprint density at radius 2 is 2.06 bits per heavy atom. The Kier molecular flexibility index (Phi) is 4.10. The van der Waals surface area contributed by atoms with E-state index in [1.54, 1.807) is 0 Å². The van der Waals surface area contributed by atoms with Crippen molar-refractivity contribution in [3.05, 3.63) is 47.0 Å². The largest absolute Gasteiger partial charge is 0.308 e. The van der Waals surface area contributed by atoms with E-state index in [1.807, 2.05) is 24.1 Å². The minimum atomic E-state index is 0.860. The molecule has 0 saturated heterocycles. The highest BCUT2D eigenvalue weighted by atomic mass is 15.3. The first kappa shape index (κ1) is 12.8. The van der Waals surface area contributed by atoms with E-state index in [2.05, 4.69) is 41.5 Å². The monoisotopic (exact) mass is 244 g/mol. The van der Waals surface area contributed by atoms with E-state index in [4.69, 9.17) is 0 Å². The number of hydrogen-bond acceptors (Lipinski definition) is 3. The summed E-state index contributed by atoms with van der Waals surface area (Å²) in [6, 6.07) is 2.06. The van der Waals surface area contributed by atoms with Gasteiger partial charge in [-0.1, -0.05) is 6.92 Å². The van der Waals surface area contributed by atoms with Crippen molar-refractivity contribution in [2.45, 2.75) is 33.4 Å². The Morgan fingerprint density at radius 3 is 2.78 bits per heavy atom. The van der Waals surface area contributed by atoms with E-state index < -0.39 is 0 Å². The van der Waals surface area contributed by atoms with Gasteiger partial charge in [-0.2, -0.15) is 5.10 Å². The fraction of sp³-hybridized carbons (Fsp3) is 0.429. The molecule has 2 heterocycles. The van der Waals surface area contributed by atoms with Crippen LogP contribution in [0.15, 0.2) is 24.7 Å². The van der Waals surface area contributed by atoms with E-state index in [0.29, 0.717) is 0 Å². The second-order valence-electron chi connectivity index (χ2n) is 4.53. The van der Waals surface area contributed by atoms with Crippen LogP contribution in [-0.4, -0.2) is 14.8 Å². The van der Waals surface area contributed by atoms with Crippen molar-refractivity contribution >= 4 is 0 Å². The lowest BCUT2D eigenvalue weighted by Crippen LogP contribution is -2.14. The zero-order chi connectivity index (χ0) is 13.0. The molecule has 0 spiro atoms. The predicted molar refractivity (Wildman–Crippen MR) is 72.1 cm³/mol. The molecule has 18 heavy (non-hydrogen) atoms. The molecule has 0 aromatic carbocycles. The normalized spacial score (nSPS) is 10.8. The molecule has 0 aliphatic carbocycles. The highest BCUT2D eigenvalue weighted by Gasteiger charge is 2.05. The van der Waals surface area contributed by atoms with Crippen LogP contribution in [0, 0.1) is 6.92 Å². The lowest BCUT2D eigenvalue weighted by atomic mass is 10.1. The SMILES string of the molecule is CCc1nn(C)cc1CNCc1ccncc1C. The number of hydrogen-bond donors (Lipinski definition) is 1. The molecule has 1 N–H and O–H groups in total. The second kappa shape index (κ2) is 5.78. The van der Waals surface area contributed by atoms with Gasteiger partial charge in [-0.15, -0.1) is 0 Å². The Hall–Kier alpha value is -1.68. The predicted octanol–water partition coefficient (Wildman–Crippen LogP) is 1.98. The lowest BCUT2D eigenvalue weighted by Gasteiger charge is -2.06. The molecule has 0 fully saturated rings. The van der Waals surface area contributed by atoms with Gasteiger partial charge in [0.2, 0.25) is 0 Å². The number of nitrogens with zero attached hydrogens (tertiary/aromatic N) is 3. The Balaban J connectivity index is 1.94. The summed E-state index contributed by atoms with van der Waals surface area (Å²) in [6.45, 7) is 5.95. The first-order chi connectivity index (χ1) is 8.70. The van der Waals surface area contributed by atoms with Crippen LogP contribution in [0.25, 0.3) is 0 Å². The zero-order valence-electron chi connectivity index (χ0n) is 11.3. The van der Waals surface area contributed by atoms with Crippen molar-refractivity contribution in [3.8, 4) is 0 Å². The van der Waals surface area contributed by atoms with Crippen LogP contribution in [0.2, 0.25) is 0 Å². The molecule has 0 bridgehead atoms. The number of aryl methyl sites for hydroxylation is 3. The fourth-order valence-corrected chi connectivity index (χ4v) is 2.06. The average Bonchev–Trinajstić information content (AvgIpc) is 2.72. The zero-order valence-corrected chi connectivity index (χ0v) is 11.3. The van der Waals surface area contributed by atoms with Gasteiger partial charge in [-0.25, -0.2) is 0 Å². The molecule has 0 atom stereocenters. The van der Waals surface area contributed by atoms with E-state index >= 15 is 0 Å². The van der Waals surface area contributed by atoms with Gasteiger partial charge in [-0.3, -0.25) is 9.67 Å². The van der Waals surface area contributed by atoms with Gasteiger partial charge in [0.25, 0.3) is 0 Å². The first-order valence-electron chi connectivity index (χ1n) is 6.32.